The largest absolute Gasteiger partial charge is 0.389 e. The van der Waals surface area contributed by atoms with Crippen LogP contribution in [0.4, 0.5) is 0 Å². The first-order valence-corrected chi connectivity index (χ1v) is 8.77. The molecule has 0 radical (unpaired) electrons. The second-order valence-electron chi connectivity index (χ2n) is 8.85. The van der Waals surface area contributed by atoms with E-state index in [0.29, 0.717) is 29.0 Å². The Morgan fingerprint density at radius 2 is 1.90 bits per heavy atom. The molecule has 0 heterocycles. The topological polar surface area (TPSA) is 37.3 Å². The fourth-order valence-electron chi connectivity index (χ4n) is 7.49. The van der Waals surface area contributed by atoms with Gasteiger partial charge in [-0.15, -0.1) is 0 Å². The summed E-state index contributed by atoms with van der Waals surface area (Å²) in [5.41, 5.74) is -0.0678. The average Bonchev–Trinajstić information content (AvgIpc) is 2.96. The fraction of sp³-hybridized carbons (Fsp3) is 0.944. The van der Waals surface area contributed by atoms with Crippen LogP contribution in [0.2, 0.25) is 0 Å². The Morgan fingerprint density at radius 1 is 1.05 bits per heavy atom. The molecule has 5 fully saturated rings. The molecule has 0 unspecified atom stereocenters. The maximum absolute atomic E-state index is 12.3. The molecule has 20 heavy (non-hydrogen) atoms. The average molecular weight is 274 g/mol. The van der Waals surface area contributed by atoms with Gasteiger partial charge in [-0.3, -0.25) is 4.79 Å². The molecular formula is C18H26O2. The van der Waals surface area contributed by atoms with Crippen LogP contribution in [0, 0.1) is 34.5 Å². The second kappa shape index (κ2) is 3.34. The Hall–Kier alpha value is -0.370. The van der Waals surface area contributed by atoms with Gasteiger partial charge in [0.1, 0.15) is 5.78 Å². The van der Waals surface area contributed by atoms with E-state index in [9.17, 15) is 9.90 Å². The summed E-state index contributed by atoms with van der Waals surface area (Å²) in [4.78, 5) is 12.3. The third-order valence-corrected chi connectivity index (χ3v) is 8.65. The lowest BCUT2D eigenvalue weighted by Gasteiger charge is -2.56. The quantitative estimate of drug-likeness (QED) is 0.735. The van der Waals surface area contributed by atoms with E-state index in [2.05, 4.69) is 6.92 Å². The number of aliphatic hydroxyl groups is 1. The van der Waals surface area contributed by atoms with Crippen LogP contribution in [-0.2, 0) is 4.79 Å². The van der Waals surface area contributed by atoms with Crippen molar-refractivity contribution in [1.29, 1.82) is 0 Å². The Labute approximate surface area is 121 Å². The maximum Gasteiger partial charge on any atom is 0.139 e. The lowest BCUT2D eigenvalue weighted by atomic mass is 9.50. The lowest BCUT2D eigenvalue weighted by molar-refractivity contribution is -0.165. The van der Waals surface area contributed by atoms with Crippen LogP contribution < -0.4 is 0 Å². The molecule has 5 saturated carbocycles. The number of ketones is 1. The molecule has 0 amide bonds. The van der Waals surface area contributed by atoms with E-state index in [0.717, 1.165) is 38.0 Å². The molecule has 0 bridgehead atoms. The zero-order valence-electron chi connectivity index (χ0n) is 12.5. The van der Waals surface area contributed by atoms with Crippen molar-refractivity contribution in [1.82, 2.24) is 0 Å². The molecule has 110 valence electrons. The standard InChI is InChI=1S/C18H26O2/c1-16-7-6-14-12(13(16)2-3-15(16)19)5-8-17-10-11(17)4-9-18(14,17)20/h11-14,20H,2-10H2,1H3/t11-,12-,13-,14-,16-,17-,18+/m0/s1. The van der Waals surface area contributed by atoms with Gasteiger partial charge >= 0.3 is 0 Å². The first-order valence-electron chi connectivity index (χ1n) is 8.77. The molecule has 5 rings (SSSR count). The zero-order valence-corrected chi connectivity index (χ0v) is 12.5. The van der Waals surface area contributed by atoms with Gasteiger partial charge in [-0.1, -0.05) is 6.92 Å². The van der Waals surface area contributed by atoms with Gasteiger partial charge in [0.15, 0.2) is 0 Å². The minimum atomic E-state index is -0.354. The third kappa shape index (κ3) is 1.10. The van der Waals surface area contributed by atoms with E-state index in [1.807, 2.05) is 0 Å². The van der Waals surface area contributed by atoms with Crippen LogP contribution in [0.25, 0.3) is 0 Å². The minimum absolute atomic E-state index is 0.0381. The zero-order chi connectivity index (χ0) is 13.8. The van der Waals surface area contributed by atoms with Crippen molar-refractivity contribution in [3.63, 3.8) is 0 Å². The van der Waals surface area contributed by atoms with Gasteiger partial charge in [-0.2, -0.15) is 0 Å². The van der Waals surface area contributed by atoms with E-state index in [1.54, 1.807) is 0 Å². The molecule has 2 nitrogen and oxygen atoms in total. The number of hydrogen-bond donors (Lipinski definition) is 1. The van der Waals surface area contributed by atoms with Crippen molar-refractivity contribution in [2.75, 3.05) is 0 Å². The highest BCUT2D eigenvalue weighted by Gasteiger charge is 2.75. The predicted molar refractivity (Wildman–Crippen MR) is 76.0 cm³/mol. The number of carbonyl (C=O) groups excluding carboxylic acids is 1. The van der Waals surface area contributed by atoms with E-state index in [1.165, 1.54) is 25.7 Å². The number of Topliss-reactive ketones (excluding diaryl/α,β-unsaturated/α-hetero) is 1. The van der Waals surface area contributed by atoms with Gasteiger partial charge in [0.25, 0.3) is 0 Å². The van der Waals surface area contributed by atoms with Gasteiger partial charge in [-0.25, -0.2) is 0 Å². The van der Waals surface area contributed by atoms with E-state index in [-0.39, 0.29) is 11.0 Å². The molecule has 0 aromatic heterocycles. The number of rotatable bonds is 0. The molecule has 5 aliphatic rings. The van der Waals surface area contributed by atoms with Crippen molar-refractivity contribution >= 4 is 5.78 Å². The third-order valence-electron chi connectivity index (χ3n) is 8.65. The van der Waals surface area contributed by atoms with Gasteiger partial charge in [0, 0.05) is 17.3 Å². The highest BCUT2D eigenvalue weighted by atomic mass is 16.3. The molecule has 5 aliphatic carbocycles. The molecule has 0 saturated heterocycles. The molecule has 0 aliphatic heterocycles. The Balaban J connectivity index is 1.54. The Morgan fingerprint density at radius 3 is 2.70 bits per heavy atom. The van der Waals surface area contributed by atoms with Crippen LogP contribution in [0.1, 0.15) is 64.7 Å². The van der Waals surface area contributed by atoms with Gasteiger partial charge in [0.2, 0.25) is 0 Å². The number of carbonyl (C=O) groups is 1. The summed E-state index contributed by atoms with van der Waals surface area (Å²) in [5.74, 6) is 3.08. The highest BCUT2D eigenvalue weighted by molar-refractivity contribution is 5.87. The normalized spacial score (nSPS) is 63.4. The molecule has 1 spiro atoms. The van der Waals surface area contributed by atoms with E-state index in [4.69, 9.17) is 0 Å². The molecule has 1 N–H and O–H groups in total. The lowest BCUT2D eigenvalue weighted by Crippen LogP contribution is -2.57. The fourth-order valence-corrected chi connectivity index (χ4v) is 7.49. The Kier molecular flexibility index (Phi) is 2.04. The first-order chi connectivity index (χ1) is 9.51. The minimum Gasteiger partial charge on any atom is -0.389 e. The van der Waals surface area contributed by atoms with E-state index < -0.39 is 0 Å². The summed E-state index contributed by atoms with van der Waals surface area (Å²) in [7, 11) is 0. The van der Waals surface area contributed by atoms with Gasteiger partial charge < -0.3 is 5.11 Å². The summed E-state index contributed by atoms with van der Waals surface area (Å²) in [6.45, 7) is 2.23. The van der Waals surface area contributed by atoms with Crippen LogP contribution in [0.15, 0.2) is 0 Å². The molecule has 0 aromatic rings. The predicted octanol–water partition coefficient (Wildman–Crippen LogP) is 3.32. The van der Waals surface area contributed by atoms with Crippen LogP contribution in [0.3, 0.4) is 0 Å². The SMILES string of the molecule is C[C@]12CC[C@H]3[C@@H](CC[C@]45C[C@@H]4CC[C@@]35O)[C@@H]1CCC2=O. The summed E-state index contributed by atoms with van der Waals surface area (Å²) in [5, 5.41) is 11.5. The second-order valence-corrected chi connectivity index (χ2v) is 8.85. The molecular weight excluding hydrogens is 248 g/mol. The van der Waals surface area contributed by atoms with Crippen LogP contribution in [0.5, 0.6) is 0 Å². The summed E-state index contributed by atoms with van der Waals surface area (Å²) >= 11 is 0. The van der Waals surface area contributed by atoms with Crippen LogP contribution >= 0.6 is 0 Å². The monoisotopic (exact) mass is 274 g/mol. The maximum atomic E-state index is 12.3. The summed E-state index contributed by atoms with van der Waals surface area (Å²) in [6.07, 6.45) is 10.2. The number of fused-ring (bicyclic) bond motifs is 4. The van der Waals surface area contributed by atoms with Crippen molar-refractivity contribution < 1.29 is 9.90 Å². The van der Waals surface area contributed by atoms with Crippen molar-refractivity contribution in [2.24, 2.45) is 34.5 Å². The molecule has 0 aromatic carbocycles. The first kappa shape index (κ1) is 12.2. The van der Waals surface area contributed by atoms with Crippen molar-refractivity contribution in [3.8, 4) is 0 Å². The van der Waals surface area contributed by atoms with Crippen molar-refractivity contribution in [3.05, 3.63) is 0 Å². The summed E-state index contributed by atoms with van der Waals surface area (Å²) in [6, 6.07) is 0. The van der Waals surface area contributed by atoms with Gasteiger partial charge in [-0.05, 0) is 75.0 Å². The number of hydrogen-bond acceptors (Lipinski definition) is 2. The van der Waals surface area contributed by atoms with Gasteiger partial charge in [0.05, 0.1) is 5.60 Å². The highest BCUT2D eigenvalue weighted by Crippen LogP contribution is 2.77. The summed E-state index contributed by atoms with van der Waals surface area (Å²) < 4.78 is 0. The molecule has 2 heteroatoms. The Bertz CT molecular complexity index is 500. The molecule has 7 atom stereocenters. The smallest absolute Gasteiger partial charge is 0.139 e. The van der Waals surface area contributed by atoms with Crippen molar-refractivity contribution in [2.45, 2.75) is 70.3 Å². The van der Waals surface area contributed by atoms with Crippen LogP contribution in [-0.4, -0.2) is 16.5 Å². The van der Waals surface area contributed by atoms with E-state index >= 15 is 0 Å².